The number of rotatable bonds is 4. The van der Waals surface area contributed by atoms with Gasteiger partial charge in [0.25, 0.3) is 0 Å². The third-order valence-corrected chi connectivity index (χ3v) is 5.06. The minimum Gasteiger partial charge on any atom is -0.480 e. The van der Waals surface area contributed by atoms with Crippen LogP contribution in [0.4, 0.5) is 0 Å². The molecule has 1 aromatic heterocycles. The van der Waals surface area contributed by atoms with Crippen LogP contribution in [0.1, 0.15) is 43.7 Å². The highest BCUT2D eigenvalue weighted by Gasteiger charge is 2.26. The second-order valence-corrected chi connectivity index (χ2v) is 6.37. The maximum Gasteiger partial charge on any atom is 0.325 e. The summed E-state index contributed by atoms with van der Waals surface area (Å²) in [6, 6.07) is 7.77. The van der Waals surface area contributed by atoms with Crippen LogP contribution in [0, 0.1) is 0 Å². The first-order chi connectivity index (χ1) is 9.75. The van der Waals surface area contributed by atoms with Crippen LogP contribution >= 0.6 is 11.3 Å². The van der Waals surface area contributed by atoms with Crippen LogP contribution in [0.5, 0.6) is 0 Å². The van der Waals surface area contributed by atoms with Crippen molar-refractivity contribution < 1.29 is 9.90 Å². The highest BCUT2D eigenvalue weighted by atomic mass is 32.1. The number of thiophene rings is 1. The van der Waals surface area contributed by atoms with Crippen LogP contribution in [-0.4, -0.2) is 17.1 Å². The molecule has 0 aliphatic heterocycles. The van der Waals surface area contributed by atoms with Crippen LogP contribution in [0.2, 0.25) is 0 Å². The van der Waals surface area contributed by atoms with E-state index in [1.165, 1.54) is 19.3 Å². The maximum atomic E-state index is 11.7. The number of hydrogen-bond donors (Lipinski definition) is 2. The molecule has 0 spiro atoms. The molecule has 3 rings (SSSR count). The average Bonchev–Trinajstić information content (AvgIpc) is 2.89. The number of carbonyl (C=O) groups is 1. The van der Waals surface area contributed by atoms with Gasteiger partial charge in [-0.3, -0.25) is 10.1 Å². The minimum absolute atomic E-state index is 0.337. The van der Waals surface area contributed by atoms with E-state index in [1.54, 1.807) is 11.3 Å². The average molecular weight is 289 g/mol. The van der Waals surface area contributed by atoms with E-state index >= 15 is 0 Å². The molecule has 1 atom stereocenters. The number of nitrogens with one attached hydrogen (secondary N) is 1. The van der Waals surface area contributed by atoms with Crippen LogP contribution in [0.25, 0.3) is 10.1 Å². The highest BCUT2D eigenvalue weighted by Crippen LogP contribution is 2.31. The van der Waals surface area contributed by atoms with Crippen LogP contribution in [0.3, 0.4) is 0 Å². The first kappa shape index (κ1) is 13.6. The topological polar surface area (TPSA) is 49.3 Å². The summed E-state index contributed by atoms with van der Waals surface area (Å²) in [5.41, 5.74) is 0.906. The molecular formula is C16H19NO2S. The Labute approximate surface area is 122 Å². The van der Waals surface area contributed by atoms with Gasteiger partial charge in [-0.2, -0.15) is 0 Å². The molecule has 1 aliphatic rings. The molecule has 106 valence electrons. The van der Waals surface area contributed by atoms with E-state index in [0.29, 0.717) is 6.04 Å². The lowest BCUT2D eigenvalue weighted by Crippen LogP contribution is -2.38. The lowest BCUT2D eigenvalue weighted by Gasteiger charge is -2.26. The molecule has 0 saturated heterocycles. The molecule has 20 heavy (non-hydrogen) atoms. The minimum atomic E-state index is -0.779. The number of aliphatic carboxylic acids is 1. The second-order valence-electron chi connectivity index (χ2n) is 5.46. The van der Waals surface area contributed by atoms with Crippen LogP contribution < -0.4 is 5.32 Å². The fourth-order valence-corrected chi connectivity index (χ4v) is 4.01. The Hall–Kier alpha value is -1.39. The van der Waals surface area contributed by atoms with Gasteiger partial charge in [0, 0.05) is 10.7 Å². The van der Waals surface area contributed by atoms with Gasteiger partial charge < -0.3 is 5.11 Å². The summed E-state index contributed by atoms with van der Waals surface area (Å²) in [5, 5.41) is 16.0. The number of carboxylic acid groups (broad SMARTS) is 1. The summed E-state index contributed by atoms with van der Waals surface area (Å²) in [6.45, 7) is 0. The molecule has 2 aromatic rings. The molecule has 0 bridgehead atoms. The Kier molecular flexibility index (Phi) is 4.03. The van der Waals surface area contributed by atoms with Gasteiger partial charge in [-0.1, -0.05) is 37.5 Å². The van der Waals surface area contributed by atoms with Crippen molar-refractivity contribution in [1.29, 1.82) is 0 Å². The van der Waals surface area contributed by atoms with Crippen molar-refractivity contribution >= 4 is 27.4 Å². The fourth-order valence-electron chi connectivity index (χ4n) is 3.02. The van der Waals surface area contributed by atoms with E-state index in [1.807, 2.05) is 29.6 Å². The van der Waals surface area contributed by atoms with Gasteiger partial charge in [-0.25, -0.2) is 0 Å². The summed E-state index contributed by atoms with van der Waals surface area (Å²) in [7, 11) is 0. The molecule has 1 fully saturated rings. The largest absolute Gasteiger partial charge is 0.480 e. The highest BCUT2D eigenvalue weighted by molar-refractivity contribution is 7.17. The number of fused-ring (bicyclic) bond motifs is 1. The van der Waals surface area contributed by atoms with Gasteiger partial charge in [-0.05, 0) is 35.2 Å². The van der Waals surface area contributed by atoms with Crippen molar-refractivity contribution in [3.05, 3.63) is 35.2 Å². The Morgan fingerprint density at radius 2 is 2.00 bits per heavy atom. The molecule has 1 heterocycles. The predicted octanol–water partition coefficient (Wildman–Crippen LogP) is 3.95. The molecule has 0 radical (unpaired) electrons. The van der Waals surface area contributed by atoms with Gasteiger partial charge >= 0.3 is 5.97 Å². The summed E-state index contributed by atoms with van der Waals surface area (Å²) in [5.74, 6) is -0.779. The molecule has 1 unspecified atom stereocenters. The Balaban J connectivity index is 1.88. The Morgan fingerprint density at radius 3 is 2.75 bits per heavy atom. The quantitative estimate of drug-likeness (QED) is 0.896. The van der Waals surface area contributed by atoms with Crippen molar-refractivity contribution in [1.82, 2.24) is 5.32 Å². The molecule has 1 aromatic carbocycles. The maximum absolute atomic E-state index is 11.7. The van der Waals surface area contributed by atoms with E-state index in [2.05, 4.69) is 5.32 Å². The van der Waals surface area contributed by atoms with Crippen molar-refractivity contribution in [3.63, 3.8) is 0 Å². The van der Waals surface area contributed by atoms with Crippen LogP contribution in [0.15, 0.2) is 29.6 Å². The zero-order valence-electron chi connectivity index (χ0n) is 11.3. The third-order valence-electron chi connectivity index (χ3n) is 4.08. The first-order valence-electron chi connectivity index (χ1n) is 7.20. The lowest BCUT2D eigenvalue weighted by molar-refractivity contribution is -0.139. The summed E-state index contributed by atoms with van der Waals surface area (Å²) >= 11 is 1.62. The molecule has 0 amide bonds. The second kappa shape index (κ2) is 5.94. The van der Waals surface area contributed by atoms with E-state index in [9.17, 15) is 9.90 Å². The van der Waals surface area contributed by atoms with Crippen molar-refractivity contribution in [2.45, 2.75) is 44.2 Å². The molecular weight excluding hydrogens is 270 g/mol. The molecule has 1 aliphatic carbocycles. The van der Waals surface area contributed by atoms with Gasteiger partial charge in [-0.15, -0.1) is 11.3 Å². The smallest absolute Gasteiger partial charge is 0.325 e. The zero-order valence-corrected chi connectivity index (χ0v) is 12.2. The van der Waals surface area contributed by atoms with E-state index in [-0.39, 0.29) is 0 Å². The van der Waals surface area contributed by atoms with Gasteiger partial charge in [0.05, 0.1) is 0 Å². The third kappa shape index (κ3) is 2.72. The lowest BCUT2D eigenvalue weighted by atomic mass is 9.94. The molecule has 1 saturated carbocycles. The molecule has 4 heteroatoms. The number of benzene rings is 1. The normalized spacial score (nSPS) is 18.2. The van der Waals surface area contributed by atoms with Crippen LogP contribution in [-0.2, 0) is 4.79 Å². The number of carboxylic acids is 1. The van der Waals surface area contributed by atoms with E-state index in [0.717, 1.165) is 28.5 Å². The Bertz CT molecular complexity index is 601. The van der Waals surface area contributed by atoms with Gasteiger partial charge in [0.1, 0.15) is 6.04 Å². The number of hydrogen-bond acceptors (Lipinski definition) is 3. The standard InChI is InChI=1S/C16H19NO2S/c18-16(19)15(17-11-6-2-1-3-7-11)13-10-20-14-9-5-4-8-12(13)14/h4-5,8-11,15,17H,1-3,6-7H2,(H,18,19). The summed E-state index contributed by atoms with van der Waals surface area (Å²) in [6.07, 6.45) is 5.86. The van der Waals surface area contributed by atoms with Crippen molar-refractivity contribution in [3.8, 4) is 0 Å². The fraction of sp³-hybridized carbons (Fsp3) is 0.438. The first-order valence-corrected chi connectivity index (χ1v) is 8.08. The Morgan fingerprint density at radius 1 is 1.25 bits per heavy atom. The van der Waals surface area contributed by atoms with Gasteiger partial charge in [0.2, 0.25) is 0 Å². The summed E-state index contributed by atoms with van der Waals surface area (Å²) in [4.78, 5) is 11.7. The molecule has 3 nitrogen and oxygen atoms in total. The molecule has 2 N–H and O–H groups in total. The SMILES string of the molecule is O=C(O)C(NC1CCCCC1)c1csc2ccccc12. The van der Waals surface area contributed by atoms with Gasteiger partial charge in [0.15, 0.2) is 0 Å². The van der Waals surface area contributed by atoms with E-state index < -0.39 is 12.0 Å². The predicted molar refractivity (Wildman–Crippen MR) is 82.2 cm³/mol. The summed E-state index contributed by atoms with van der Waals surface area (Å²) < 4.78 is 1.15. The monoisotopic (exact) mass is 289 g/mol. The van der Waals surface area contributed by atoms with E-state index in [4.69, 9.17) is 0 Å². The van der Waals surface area contributed by atoms with Crippen molar-refractivity contribution in [2.24, 2.45) is 0 Å². The zero-order chi connectivity index (χ0) is 13.9. The van der Waals surface area contributed by atoms with Crippen molar-refractivity contribution in [2.75, 3.05) is 0 Å².